The first-order chi connectivity index (χ1) is 9.91. The standard InChI is InChI=1S/C16H18N2O3/c1-9-6-10(2)11-8-13(17-12(11)7-9)14(19)18-16(15(20)21)4-3-5-16/h6-8,17H,3-5H2,1-2H3,(H,18,19)(H,20,21). The summed E-state index contributed by atoms with van der Waals surface area (Å²) in [5.41, 5.74) is 2.44. The number of carbonyl (C=O) groups excluding carboxylic acids is 1. The van der Waals surface area contributed by atoms with Crippen LogP contribution in [0.2, 0.25) is 0 Å². The van der Waals surface area contributed by atoms with Crippen LogP contribution in [0, 0.1) is 13.8 Å². The smallest absolute Gasteiger partial charge is 0.329 e. The lowest BCUT2D eigenvalue weighted by Gasteiger charge is -2.38. The molecule has 0 bridgehead atoms. The van der Waals surface area contributed by atoms with Gasteiger partial charge in [0, 0.05) is 10.9 Å². The van der Waals surface area contributed by atoms with E-state index in [1.807, 2.05) is 19.9 Å². The summed E-state index contributed by atoms with van der Waals surface area (Å²) >= 11 is 0. The van der Waals surface area contributed by atoms with Crippen LogP contribution < -0.4 is 5.32 Å². The Balaban J connectivity index is 1.92. The number of aryl methyl sites for hydroxylation is 2. The van der Waals surface area contributed by atoms with Gasteiger partial charge in [-0.15, -0.1) is 0 Å². The number of aromatic amines is 1. The van der Waals surface area contributed by atoms with Gasteiger partial charge >= 0.3 is 5.97 Å². The lowest BCUT2D eigenvalue weighted by molar-refractivity contribution is -0.148. The van der Waals surface area contributed by atoms with E-state index in [1.54, 1.807) is 6.07 Å². The molecule has 1 aromatic carbocycles. The van der Waals surface area contributed by atoms with Crippen LogP contribution in [0.3, 0.4) is 0 Å². The predicted molar refractivity (Wildman–Crippen MR) is 79.5 cm³/mol. The summed E-state index contributed by atoms with van der Waals surface area (Å²) in [5, 5.41) is 12.9. The number of fused-ring (bicyclic) bond motifs is 1. The maximum atomic E-state index is 12.3. The number of aromatic nitrogens is 1. The quantitative estimate of drug-likeness (QED) is 0.810. The van der Waals surface area contributed by atoms with Crippen LogP contribution in [0.5, 0.6) is 0 Å². The van der Waals surface area contributed by atoms with Gasteiger partial charge in [-0.1, -0.05) is 6.07 Å². The number of rotatable bonds is 3. The summed E-state index contributed by atoms with van der Waals surface area (Å²) in [4.78, 5) is 26.7. The van der Waals surface area contributed by atoms with E-state index in [4.69, 9.17) is 0 Å². The number of hydrogen-bond donors (Lipinski definition) is 3. The second-order valence-electron chi connectivity index (χ2n) is 5.92. The van der Waals surface area contributed by atoms with Crippen molar-refractivity contribution in [2.75, 3.05) is 0 Å². The monoisotopic (exact) mass is 286 g/mol. The van der Waals surface area contributed by atoms with E-state index in [1.165, 1.54) is 0 Å². The van der Waals surface area contributed by atoms with Gasteiger partial charge in [-0.3, -0.25) is 4.79 Å². The fourth-order valence-corrected chi connectivity index (χ4v) is 2.93. The molecule has 1 aromatic heterocycles. The van der Waals surface area contributed by atoms with Crippen molar-refractivity contribution in [1.82, 2.24) is 10.3 Å². The zero-order valence-electron chi connectivity index (χ0n) is 12.1. The molecule has 1 fully saturated rings. The van der Waals surface area contributed by atoms with Gasteiger partial charge < -0.3 is 15.4 Å². The number of H-pyrrole nitrogens is 1. The van der Waals surface area contributed by atoms with Crippen LogP contribution >= 0.6 is 0 Å². The Labute approximate surface area is 122 Å². The summed E-state index contributed by atoms with van der Waals surface area (Å²) in [7, 11) is 0. The molecule has 3 N–H and O–H groups in total. The zero-order valence-corrected chi connectivity index (χ0v) is 12.1. The van der Waals surface area contributed by atoms with Gasteiger partial charge in [0.05, 0.1) is 0 Å². The van der Waals surface area contributed by atoms with Crippen molar-refractivity contribution in [2.24, 2.45) is 0 Å². The lowest BCUT2D eigenvalue weighted by atomic mass is 9.76. The number of nitrogens with one attached hydrogen (secondary N) is 2. The number of benzene rings is 1. The van der Waals surface area contributed by atoms with Crippen LogP contribution in [0.1, 0.15) is 40.9 Å². The number of carboxylic acids is 1. The van der Waals surface area contributed by atoms with Crippen molar-refractivity contribution < 1.29 is 14.7 Å². The second-order valence-corrected chi connectivity index (χ2v) is 5.92. The molecule has 0 atom stereocenters. The van der Waals surface area contributed by atoms with Crippen LogP contribution in [-0.4, -0.2) is 27.5 Å². The molecule has 3 rings (SSSR count). The van der Waals surface area contributed by atoms with Gasteiger partial charge in [0.25, 0.3) is 5.91 Å². The molecule has 0 saturated heterocycles. The average molecular weight is 286 g/mol. The summed E-state index contributed by atoms with van der Waals surface area (Å²) in [6.07, 6.45) is 1.82. The third-order valence-electron chi connectivity index (χ3n) is 4.30. The maximum Gasteiger partial charge on any atom is 0.329 e. The summed E-state index contributed by atoms with van der Waals surface area (Å²) in [5.74, 6) is -1.31. The normalized spacial score (nSPS) is 16.5. The van der Waals surface area contributed by atoms with Crippen LogP contribution in [0.25, 0.3) is 10.9 Å². The first-order valence-electron chi connectivity index (χ1n) is 7.07. The van der Waals surface area contributed by atoms with E-state index in [2.05, 4.69) is 16.4 Å². The number of aliphatic carboxylic acids is 1. The van der Waals surface area contributed by atoms with Crippen LogP contribution in [0.4, 0.5) is 0 Å². The SMILES string of the molecule is Cc1cc(C)c2cc(C(=O)NC3(C(=O)O)CCC3)[nH]c2c1. The predicted octanol–water partition coefficient (Wildman–Crippen LogP) is 2.52. The Morgan fingerprint density at radius 2 is 1.95 bits per heavy atom. The van der Waals surface area contributed by atoms with E-state index < -0.39 is 11.5 Å². The molecule has 1 amide bonds. The molecule has 1 heterocycles. The van der Waals surface area contributed by atoms with Crippen molar-refractivity contribution >= 4 is 22.8 Å². The number of carbonyl (C=O) groups is 2. The highest BCUT2D eigenvalue weighted by Crippen LogP contribution is 2.32. The van der Waals surface area contributed by atoms with Gasteiger partial charge in [0.2, 0.25) is 0 Å². The Hall–Kier alpha value is -2.30. The Kier molecular flexibility index (Phi) is 3.01. The van der Waals surface area contributed by atoms with Crippen molar-refractivity contribution in [1.29, 1.82) is 0 Å². The van der Waals surface area contributed by atoms with E-state index in [0.717, 1.165) is 28.5 Å². The fraction of sp³-hybridized carbons (Fsp3) is 0.375. The van der Waals surface area contributed by atoms with Gasteiger partial charge in [0.15, 0.2) is 0 Å². The summed E-state index contributed by atoms with van der Waals surface area (Å²) in [6.45, 7) is 4.00. The maximum absolute atomic E-state index is 12.3. The fourth-order valence-electron chi connectivity index (χ4n) is 2.93. The number of amides is 1. The van der Waals surface area contributed by atoms with Crippen LogP contribution in [0.15, 0.2) is 18.2 Å². The highest BCUT2D eigenvalue weighted by Gasteiger charge is 2.45. The third-order valence-corrected chi connectivity index (χ3v) is 4.30. The molecular weight excluding hydrogens is 268 g/mol. The van der Waals surface area contributed by atoms with Gasteiger partial charge in [-0.25, -0.2) is 4.79 Å². The number of carboxylic acid groups (broad SMARTS) is 1. The van der Waals surface area contributed by atoms with Gasteiger partial charge in [0.1, 0.15) is 11.2 Å². The minimum absolute atomic E-state index is 0.356. The molecule has 21 heavy (non-hydrogen) atoms. The Bertz CT molecular complexity index is 741. The molecule has 110 valence electrons. The van der Waals surface area contributed by atoms with Gasteiger partial charge in [-0.05, 0) is 56.4 Å². The highest BCUT2D eigenvalue weighted by atomic mass is 16.4. The van der Waals surface area contributed by atoms with Crippen molar-refractivity contribution in [3.63, 3.8) is 0 Å². The molecule has 1 aliphatic rings. The van der Waals surface area contributed by atoms with Gasteiger partial charge in [-0.2, -0.15) is 0 Å². The molecule has 0 aliphatic heterocycles. The summed E-state index contributed by atoms with van der Waals surface area (Å²) in [6, 6.07) is 5.83. The highest BCUT2D eigenvalue weighted by molar-refractivity contribution is 6.01. The second kappa shape index (κ2) is 4.62. The van der Waals surface area contributed by atoms with Crippen molar-refractivity contribution in [3.05, 3.63) is 35.0 Å². The Morgan fingerprint density at radius 1 is 1.24 bits per heavy atom. The lowest BCUT2D eigenvalue weighted by Crippen LogP contribution is -2.59. The minimum atomic E-state index is -1.08. The zero-order chi connectivity index (χ0) is 15.2. The molecule has 5 nitrogen and oxygen atoms in total. The summed E-state index contributed by atoms with van der Waals surface area (Å²) < 4.78 is 0. The largest absolute Gasteiger partial charge is 0.480 e. The molecule has 1 aliphatic carbocycles. The molecule has 0 unspecified atom stereocenters. The number of hydrogen-bond acceptors (Lipinski definition) is 2. The van der Waals surface area contributed by atoms with E-state index in [-0.39, 0.29) is 5.91 Å². The molecular formula is C16H18N2O3. The average Bonchev–Trinajstić information content (AvgIpc) is 2.77. The Morgan fingerprint density at radius 3 is 2.52 bits per heavy atom. The molecule has 2 aromatic rings. The molecule has 0 spiro atoms. The van der Waals surface area contributed by atoms with Crippen LogP contribution in [-0.2, 0) is 4.79 Å². The molecule has 0 radical (unpaired) electrons. The first-order valence-corrected chi connectivity index (χ1v) is 7.07. The minimum Gasteiger partial charge on any atom is -0.480 e. The van der Waals surface area contributed by atoms with E-state index in [0.29, 0.717) is 18.5 Å². The molecule has 5 heteroatoms. The first kappa shape index (κ1) is 13.7. The van der Waals surface area contributed by atoms with Crippen molar-refractivity contribution in [2.45, 2.75) is 38.6 Å². The topological polar surface area (TPSA) is 82.2 Å². The van der Waals surface area contributed by atoms with E-state index in [9.17, 15) is 14.7 Å². The van der Waals surface area contributed by atoms with E-state index >= 15 is 0 Å². The van der Waals surface area contributed by atoms with Crippen molar-refractivity contribution in [3.8, 4) is 0 Å². The third kappa shape index (κ3) is 2.18. The molecule has 1 saturated carbocycles.